The zero-order chi connectivity index (χ0) is 32.5. The molecule has 2 rings (SSSR count). The average molecular weight is 608 g/mol. The molecule has 1 aromatic carbocycles. The van der Waals surface area contributed by atoms with Gasteiger partial charge in [0.25, 0.3) is 5.91 Å². The van der Waals surface area contributed by atoms with Crippen molar-refractivity contribution in [2.45, 2.75) is 90.8 Å². The summed E-state index contributed by atoms with van der Waals surface area (Å²) >= 11 is 0. The van der Waals surface area contributed by atoms with E-state index in [1.54, 1.807) is 13.8 Å². The van der Waals surface area contributed by atoms with E-state index >= 15 is 0 Å². The highest BCUT2D eigenvalue weighted by molar-refractivity contribution is 5.95. The van der Waals surface area contributed by atoms with Gasteiger partial charge in [-0.1, -0.05) is 0 Å². The van der Waals surface area contributed by atoms with Crippen molar-refractivity contribution in [1.29, 1.82) is 0 Å². The first-order valence-electron chi connectivity index (χ1n) is 13.4. The molecule has 1 saturated heterocycles. The molecular formula is C29H37NO13. The summed E-state index contributed by atoms with van der Waals surface area (Å²) in [5, 5.41) is 2.63. The van der Waals surface area contributed by atoms with Crippen molar-refractivity contribution in [3.8, 4) is 5.75 Å². The lowest BCUT2D eigenvalue weighted by molar-refractivity contribution is -0.231. The number of esters is 5. The molecule has 1 fully saturated rings. The van der Waals surface area contributed by atoms with Crippen LogP contribution in [0.2, 0.25) is 0 Å². The van der Waals surface area contributed by atoms with E-state index in [9.17, 15) is 33.6 Å². The third-order valence-electron chi connectivity index (χ3n) is 6.52. The highest BCUT2D eigenvalue weighted by Gasteiger charge is 2.53. The molecule has 1 N–H and O–H groups in total. The summed E-state index contributed by atoms with van der Waals surface area (Å²) in [7, 11) is 1.09. The van der Waals surface area contributed by atoms with Crippen molar-refractivity contribution in [2.75, 3.05) is 13.7 Å². The quantitative estimate of drug-likeness (QED) is 0.156. The zero-order valence-corrected chi connectivity index (χ0v) is 25.2. The SMILES string of the molecule is COC(=O)[C@@]1(CC=O)C[C@H](OC(C)=O)C[C@H]([C@H](OC(C)=O)[C@@H](CNC(=O)c2cc(C)c(OC(C)=O)c(C)c2)OC(C)=O)O1. The number of benzene rings is 1. The van der Waals surface area contributed by atoms with Crippen LogP contribution >= 0.6 is 0 Å². The highest BCUT2D eigenvalue weighted by Crippen LogP contribution is 2.37. The third-order valence-corrected chi connectivity index (χ3v) is 6.52. The van der Waals surface area contributed by atoms with Crippen LogP contribution in [-0.4, -0.2) is 85.7 Å². The molecule has 14 heteroatoms. The second-order valence-electron chi connectivity index (χ2n) is 10.1. The molecule has 0 aliphatic carbocycles. The molecule has 0 saturated carbocycles. The number of hydrogen-bond donors (Lipinski definition) is 1. The maximum atomic E-state index is 13.1. The van der Waals surface area contributed by atoms with Gasteiger partial charge in [0.05, 0.1) is 13.7 Å². The molecule has 0 bridgehead atoms. The summed E-state index contributed by atoms with van der Waals surface area (Å²) in [6.45, 7) is 7.56. The van der Waals surface area contributed by atoms with Crippen LogP contribution in [0.3, 0.4) is 0 Å². The van der Waals surface area contributed by atoms with Crippen LogP contribution in [0.15, 0.2) is 12.1 Å². The van der Waals surface area contributed by atoms with Gasteiger partial charge in [0.2, 0.25) is 0 Å². The van der Waals surface area contributed by atoms with Crippen molar-refractivity contribution in [1.82, 2.24) is 5.32 Å². The van der Waals surface area contributed by atoms with E-state index in [1.807, 2.05) is 0 Å². The van der Waals surface area contributed by atoms with E-state index in [4.69, 9.17) is 28.4 Å². The van der Waals surface area contributed by atoms with Crippen LogP contribution in [0.4, 0.5) is 0 Å². The summed E-state index contributed by atoms with van der Waals surface area (Å²) in [6, 6.07) is 3.01. The minimum atomic E-state index is -1.90. The first kappa shape index (κ1) is 34.9. The largest absolute Gasteiger partial charge is 0.467 e. The molecular weight excluding hydrogens is 570 g/mol. The number of rotatable bonds is 12. The van der Waals surface area contributed by atoms with Crippen LogP contribution in [0.25, 0.3) is 0 Å². The Kier molecular flexibility index (Phi) is 12.4. The topological polar surface area (TPSA) is 187 Å². The van der Waals surface area contributed by atoms with Crippen LogP contribution in [-0.2, 0) is 52.5 Å². The summed E-state index contributed by atoms with van der Waals surface area (Å²) in [4.78, 5) is 85.1. The van der Waals surface area contributed by atoms with Gasteiger partial charge in [-0.15, -0.1) is 0 Å². The fourth-order valence-electron chi connectivity index (χ4n) is 4.99. The van der Waals surface area contributed by atoms with Crippen molar-refractivity contribution in [3.63, 3.8) is 0 Å². The highest BCUT2D eigenvalue weighted by atomic mass is 16.6. The summed E-state index contributed by atoms with van der Waals surface area (Å²) in [5.41, 5.74) is -0.649. The Morgan fingerprint density at radius 1 is 0.977 bits per heavy atom. The van der Waals surface area contributed by atoms with Gasteiger partial charge >= 0.3 is 29.8 Å². The van der Waals surface area contributed by atoms with Gasteiger partial charge in [-0.2, -0.15) is 0 Å². The van der Waals surface area contributed by atoms with Crippen LogP contribution in [0.5, 0.6) is 5.75 Å². The van der Waals surface area contributed by atoms with Crippen molar-refractivity contribution < 1.29 is 62.0 Å². The molecule has 5 atom stereocenters. The number of ether oxygens (including phenoxy) is 6. The van der Waals surface area contributed by atoms with Crippen LogP contribution in [0, 0.1) is 13.8 Å². The lowest BCUT2D eigenvalue weighted by Gasteiger charge is -2.44. The third kappa shape index (κ3) is 9.60. The maximum Gasteiger partial charge on any atom is 0.338 e. The number of aryl methyl sites for hydroxylation is 2. The second kappa shape index (κ2) is 15.2. The minimum absolute atomic E-state index is 0.114. The Balaban J connectivity index is 2.45. The van der Waals surface area contributed by atoms with Crippen LogP contribution in [0.1, 0.15) is 68.4 Å². The van der Waals surface area contributed by atoms with Gasteiger partial charge in [0, 0.05) is 52.5 Å². The molecule has 1 amide bonds. The molecule has 1 aliphatic rings. The molecule has 1 heterocycles. The number of methoxy groups -OCH3 is 1. The Morgan fingerprint density at radius 2 is 1.58 bits per heavy atom. The van der Waals surface area contributed by atoms with Crippen molar-refractivity contribution in [3.05, 3.63) is 28.8 Å². The number of carbonyl (C=O) groups excluding carboxylic acids is 7. The van der Waals surface area contributed by atoms with Crippen LogP contribution < -0.4 is 10.1 Å². The average Bonchev–Trinajstić information content (AvgIpc) is 2.90. The Morgan fingerprint density at radius 3 is 2.07 bits per heavy atom. The van der Waals surface area contributed by atoms with E-state index in [-0.39, 0.29) is 24.9 Å². The van der Waals surface area contributed by atoms with E-state index in [0.717, 1.165) is 27.9 Å². The van der Waals surface area contributed by atoms with E-state index in [1.165, 1.54) is 19.1 Å². The summed E-state index contributed by atoms with van der Waals surface area (Å²) in [5.74, 6) is -3.98. The van der Waals surface area contributed by atoms with Gasteiger partial charge in [-0.25, -0.2) is 4.79 Å². The predicted octanol–water partition coefficient (Wildman–Crippen LogP) is 1.43. The normalized spacial score (nSPS) is 20.9. The first-order chi connectivity index (χ1) is 20.1. The molecule has 1 aliphatic heterocycles. The van der Waals surface area contributed by atoms with Gasteiger partial charge in [-0.05, 0) is 37.1 Å². The molecule has 0 aromatic heterocycles. The number of aldehydes is 1. The first-order valence-corrected chi connectivity index (χ1v) is 13.4. The molecule has 236 valence electrons. The molecule has 0 unspecified atom stereocenters. The lowest BCUT2D eigenvalue weighted by Crippen LogP contribution is -2.59. The molecule has 1 aromatic rings. The predicted molar refractivity (Wildman–Crippen MR) is 146 cm³/mol. The van der Waals surface area contributed by atoms with Gasteiger partial charge in [0.15, 0.2) is 17.8 Å². The number of hydrogen-bond acceptors (Lipinski definition) is 13. The van der Waals surface area contributed by atoms with Gasteiger partial charge in [-0.3, -0.25) is 24.0 Å². The van der Waals surface area contributed by atoms with Crippen molar-refractivity contribution >= 4 is 42.0 Å². The number of amides is 1. The standard InChI is InChI=1S/C29H37NO13/c1-15-10-21(11-16(2)25(15)41-19(5)34)27(36)30-14-24(40-18(4)33)26(42-20(6)35)23-12-22(39-17(3)32)13-29(43-23,8-9-31)28(37)38-7/h9-11,22-24,26H,8,12-14H2,1-7H3,(H,30,36)/t22-,23-,24-,26+,29-/m1/s1. The molecule has 14 nitrogen and oxygen atoms in total. The fraction of sp³-hybridized carbons (Fsp3) is 0.552. The molecule has 0 spiro atoms. The number of carbonyl (C=O) groups is 7. The molecule has 43 heavy (non-hydrogen) atoms. The van der Waals surface area contributed by atoms with E-state index in [2.05, 4.69) is 5.32 Å². The van der Waals surface area contributed by atoms with Crippen molar-refractivity contribution in [2.24, 2.45) is 0 Å². The molecule has 0 radical (unpaired) electrons. The van der Waals surface area contributed by atoms with E-state index < -0.39 is 72.2 Å². The Labute approximate surface area is 248 Å². The Hall–Kier alpha value is -4.33. The minimum Gasteiger partial charge on any atom is -0.467 e. The second-order valence-corrected chi connectivity index (χ2v) is 10.1. The van der Waals surface area contributed by atoms with Gasteiger partial charge < -0.3 is 38.5 Å². The summed E-state index contributed by atoms with van der Waals surface area (Å²) < 4.78 is 32.4. The Bertz CT molecular complexity index is 1240. The smallest absolute Gasteiger partial charge is 0.338 e. The maximum absolute atomic E-state index is 13.1. The lowest BCUT2D eigenvalue weighted by atomic mass is 9.84. The monoisotopic (exact) mass is 607 g/mol. The number of nitrogens with one attached hydrogen (secondary N) is 1. The van der Waals surface area contributed by atoms with Gasteiger partial charge in [0.1, 0.15) is 24.2 Å². The van der Waals surface area contributed by atoms with E-state index in [0.29, 0.717) is 23.2 Å². The summed E-state index contributed by atoms with van der Waals surface area (Å²) in [6.07, 6.45) is -5.37. The zero-order valence-electron chi connectivity index (χ0n) is 25.2. The fourth-order valence-corrected chi connectivity index (χ4v) is 4.99.